The van der Waals surface area contributed by atoms with Crippen LogP contribution in [-0.2, 0) is 0 Å². The molecule has 0 atom stereocenters. The maximum atomic E-state index is 6.01. The summed E-state index contributed by atoms with van der Waals surface area (Å²) >= 11 is 11.7. The Morgan fingerprint density at radius 2 is 1.33 bits per heavy atom. The van der Waals surface area contributed by atoms with E-state index in [1.54, 1.807) is 5.54 Å². The van der Waals surface area contributed by atoms with Crippen LogP contribution in [0.2, 0.25) is 5.02 Å². The van der Waals surface area contributed by atoms with Crippen molar-refractivity contribution in [1.82, 2.24) is 0 Å². The van der Waals surface area contributed by atoms with E-state index in [1.165, 1.54) is 69.8 Å². The van der Waals surface area contributed by atoms with Crippen molar-refractivity contribution >= 4 is 23.2 Å². The highest BCUT2D eigenvalue weighted by Crippen LogP contribution is 2.40. The van der Waals surface area contributed by atoms with E-state index in [0.717, 1.165) is 28.7 Å². The van der Waals surface area contributed by atoms with E-state index >= 15 is 0 Å². The van der Waals surface area contributed by atoms with Crippen molar-refractivity contribution in [3.8, 4) is 0 Å². The largest absolute Gasteiger partial charge is 0.0933 e. The first-order valence-electron chi connectivity index (χ1n) is 9.77. The number of allylic oxidation sites excluding steroid dienone is 1. The van der Waals surface area contributed by atoms with Crippen LogP contribution in [0.1, 0.15) is 75.7 Å². The summed E-state index contributed by atoms with van der Waals surface area (Å²) < 4.78 is 0. The Labute approximate surface area is 157 Å². The van der Waals surface area contributed by atoms with Crippen molar-refractivity contribution in [2.24, 2.45) is 17.8 Å². The van der Waals surface area contributed by atoms with Gasteiger partial charge in [0.2, 0.25) is 0 Å². The first-order valence-corrected chi connectivity index (χ1v) is 10.6. The summed E-state index contributed by atoms with van der Waals surface area (Å²) in [6.45, 7) is 0. The number of halogens is 2. The van der Waals surface area contributed by atoms with Crippen LogP contribution in [0.25, 0.3) is 0 Å². The van der Waals surface area contributed by atoms with Gasteiger partial charge in [0.1, 0.15) is 0 Å². The Morgan fingerprint density at radius 1 is 0.792 bits per heavy atom. The summed E-state index contributed by atoms with van der Waals surface area (Å²) in [4.78, 5) is 0. The van der Waals surface area contributed by atoms with Crippen LogP contribution in [0.3, 0.4) is 0 Å². The quantitative estimate of drug-likeness (QED) is 0.496. The Bertz CT molecular complexity index is 503. The van der Waals surface area contributed by atoms with Gasteiger partial charge in [-0.1, -0.05) is 54.3 Å². The van der Waals surface area contributed by atoms with Gasteiger partial charge in [-0.3, -0.25) is 0 Å². The molecule has 0 saturated heterocycles. The monoisotopic (exact) mass is 364 g/mol. The molecule has 132 valence electrons. The summed E-state index contributed by atoms with van der Waals surface area (Å²) in [6, 6.07) is 8.53. The Kier molecular flexibility index (Phi) is 7.10. The molecule has 0 aromatic heterocycles. The third-order valence-electron chi connectivity index (χ3n) is 6.41. The van der Waals surface area contributed by atoms with Crippen LogP contribution in [0.5, 0.6) is 0 Å². The minimum atomic E-state index is 0.744. The second-order valence-electron chi connectivity index (χ2n) is 7.95. The van der Waals surface area contributed by atoms with E-state index in [2.05, 4.69) is 18.2 Å². The molecule has 0 spiro atoms. The van der Waals surface area contributed by atoms with Crippen LogP contribution in [0.15, 0.2) is 35.9 Å². The van der Waals surface area contributed by atoms with Crippen molar-refractivity contribution in [2.45, 2.75) is 70.1 Å². The highest BCUT2D eigenvalue weighted by Gasteiger charge is 2.24. The standard InChI is InChI=1S/C22H30Cl2/c23-16-15-19-5-3-17(4-6-19)1-2-18-7-9-20(10-8-18)21-11-13-22(24)14-12-21/h11-20H,1-10H2/b16-15+/t17-,18?,19-,20?. The lowest BCUT2D eigenvalue weighted by atomic mass is 9.74. The molecular formula is C22H30Cl2. The Morgan fingerprint density at radius 3 is 1.88 bits per heavy atom. The van der Waals surface area contributed by atoms with E-state index in [0.29, 0.717) is 0 Å². The highest BCUT2D eigenvalue weighted by atomic mass is 35.5. The molecule has 2 fully saturated rings. The molecule has 0 amide bonds. The zero-order valence-corrected chi connectivity index (χ0v) is 16.1. The van der Waals surface area contributed by atoms with Crippen LogP contribution < -0.4 is 0 Å². The highest BCUT2D eigenvalue weighted by molar-refractivity contribution is 6.30. The lowest BCUT2D eigenvalue weighted by molar-refractivity contribution is 0.246. The molecule has 0 bridgehead atoms. The predicted octanol–water partition coefficient (Wildman–Crippen LogP) is 7.95. The first-order chi connectivity index (χ1) is 11.7. The van der Waals surface area contributed by atoms with E-state index in [-0.39, 0.29) is 0 Å². The van der Waals surface area contributed by atoms with Crippen molar-refractivity contribution < 1.29 is 0 Å². The van der Waals surface area contributed by atoms with Gasteiger partial charge in [0.15, 0.2) is 0 Å². The Hall–Kier alpha value is -0.460. The summed E-state index contributed by atoms with van der Waals surface area (Å²) in [5.41, 5.74) is 3.20. The normalized spacial score (nSPS) is 31.4. The zero-order chi connectivity index (χ0) is 16.8. The topological polar surface area (TPSA) is 0 Å². The molecule has 0 heterocycles. The summed E-state index contributed by atoms with van der Waals surface area (Å²) in [5, 5.41) is 0.851. The lowest BCUT2D eigenvalue weighted by Gasteiger charge is -2.31. The van der Waals surface area contributed by atoms with Gasteiger partial charge in [-0.2, -0.15) is 0 Å². The third kappa shape index (κ3) is 5.27. The lowest BCUT2D eigenvalue weighted by Crippen LogP contribution is -2.17. The van der Waals surface area contributed by atoms with E-state index < -0.39 is 0 Å². The van der Waals surface area contributed by atoms with Gasteiger partial charge in [0.05, 0.1) is 0 Å². The molecule has 0 aliphatic heterocycles. The first kappa shape index (κ1) is 18.3. The van der Waals surface area contributed by atoms with Gasteiger partial charge in [0, 0.05) is 10.6 Å². The predicted molar refractivity (Wildman–Crippen MR) is 106 cm³/mol. The van der Waals surface area contributed by atoms with Crippen molar-refractivity contribution in [1.29, 1.82) is 0 Å². The number of rotatable bonds is 5. The second kappa shape index (κ2) is 9.30. The molecule has 2 aliphatic rings. The zero-order valence-electron chi connectivity index (χ0n) is 14.6. The summed E-state index contributed by atoms with van der Waals surface area (Å²) in [6.07, 6.45) is 16.2. The molecule has 24 heavy (non-hydrogen) atoms. The molecule has 1 aromatic rings. The van der Waals surface area contributed by atoms with Gasteiger partial charge in [-0.15, -0.1) is 0 Å². The van der Waals surface area contributed by atoms with Gasteiger partial charge in [0.25, 0.3) is 0 Å². The minimum Gasteiger partial charge on any atom is -0.0933 e. The molecule has 2 saturated carbocycles. The average molecular weight is 365 g/mol. The second-order valence-corrected chi connectivity index (χ2v) is 8.63. The molecule has 0 unspecified atom stereocenters. The summed E-state index contributed by atoms with van der Waals surface area (Å²) in [7, 11) is 0. The minimum absolute atomic E-state index is 0.744. The molecule has 0 radical (unpaired) electrons. The third-order valence-corrected chi connectivity index (χ3v) is 6.81. The van der Waals surface area contributed by atoms with Gasteiger partial charge in [-0.05, 0) is 92.7 Å². The van der Waals surface area contributed by atoms with E-state index in [9.17, 15) is 0 Å². The smallest absolute Gasteiger partial charge is 0.0406 e. The van der Waals surface area contributed by atoms with E-state index in [1.807, 2.05) is 12.1 Å². The van der Waals surface area contributed by atoms with Gasteiger partial charge in [-0.25, -0.2) is 0 Å². The van der Waals surface area contributed by atoms with Crippen LogP contribution in [0.4, 0.5) is 0 Å². The molecule has 0 nitrogen and oxygen atoms in total. The SMILES string of the molecule is Cl/C=C/[C@H]1CC[C@H](CCC2CCC(c3ccc(Cl)cc3)CC2)CC1. The number of benzene rings is 1. The molecule has 2 heteroatoms. The molecule has 1 aromatic carbocycles. The van der Waals surface area contributed by atoms with Crippen LogP contribution >= 0.6 is 23.2 Å². The Balaban J connectivity index is 1.36. The van der Waals surface area contributed by atoms with Crippen LogP contribution in [-0.4, -0.2) is 0 Å². The summed E-state index contributed by atoms with van der Waals surface area (Å²) in [5.74, 6) is 3.44. The van der Waals surface area contributed by atoms with E-state index in [4.69, 9.17) is 23.2 Å². The van der Waals surface area contributed by atoms with Crippen molar-refractivity contribution in [3.63, 3.8) is 0 Å². The number of hydrogen-bond acceptors (Lipinski definition) is 0. The fourth-order valence-electron chi connectivity index (χ4n) is 4.76. The molecule has 2 aliphatic carbocycles. The average Bonchev–Trinajstić information content (AvgIpc) is 2.63. The molecular weight excluding hydrogens is 335 g/mol. The van der Waals surface area contributed by atoms with Crippen molar-refractivity contribution in [3.05, 3.63) is 46.5 Å². The molecule has 0 N–H and O–H groups in total. The fourth-order valence-corrected chi connectivity index (χ4v) is 5.09. The number of hydrogen-bond donors (Lipinski definition) is 0. The van der Waals surface area contributed by atoms with Crippen molar-refractivity contribution in [2.75, 3.05) is 0 Å². The maximum absolute atomic E-state index is 6.01. The van der Waals surface area contributed by atoms with Crippen LogP contribution in [0, 0.1) is 17.8 Å². The van der Waals surface area contributed by atoms with Gasteiger partial charge >= 0.3 is 0 Å². The fraction of sp³-hybridized carbons (Fsp3) is 0.636. The van der Waals surface area contributed by atoms with Gasteiger partial charge < -0.3 is 0 Å². The maximum Gasteiger partial charge on any atom is 0.0406 e. The molecule has 3 rings (SSSR count).